The van der Waals surface area contributed by atoms with Gasteiger partial charge in [-0.15, -0.1) is 12.4 Å². The number of sulfonamides is 1. The molecule has 6 heteroatoms. The Hall–Kier alpha value is -0.620. The van der Waals surface area contributed by atoms with Crippen LogP contribution in [0.3, 0.4) is 0 Å². The zero-order valence-corrected chi connectivity index (χ0v) is 15.2. The van der Waals surface area contributed by atoms with Crippen molar-refractivity contribution in [3.05, 3.63) is 29.8 Å². The topological polar surface area (TPSA) is 49.4 Å². The molecule has 1 atom stereocenters. The Labute approximate surface area is 140 Å². The van der Waals surface area contributed by atoms with Gasteiger partial charge in [-0.25, -0.2) is 8.42 Å². The summed E-state index contributed by atoms with van der Waals surface area (Å²) in [4.78, 5) is 0.414. The van der Waals surface area contributed by atoms with Crippen molar-refractivity contribution >= 4 is 22.4 Å². The van der Waals surface area contributed by atoms with Crippen LogP contribution in [0.1, 0.15) is 38.2 Å². The van der Waals surface area contributed by atoms with Crippen LogP contribution in [0.2, 0.25) is 0 Å². The Kier molecular flexibility index (Phi) is 7.32. The summed E-state index contributed by atoms with van der Waals surface area (Å²) in [6, 6.07) is 7.33. The molecule has 1 aliphatic heterocycles. The van der Waals surface area contributed by atoms with Gasteiger partial charge in [-0.3, -0.25) is 0 Å². The van der Waals surface area contributed by atoms with Crippen molar-refractivity contribution in [3.8, 4) is 0 Å². The smallest absolute Gasteiger partial charge is 0.243 e. The van der Waals surface area contributed by atoms with Crippen molar-refractivity contribution in [1.29, 1.82) is 0 Å². The van der Waals surface area contributed by atoms with Gasteiger partial charge in [-0.2, -0.15) is 4.31 Å². The lowest BCUT2D eigenvalue weighted by Gasteiger charge is -2.31. The molecule has 0 spiro atoms. The average Bonchev–Trinajstić information content (AvgIpc) is 2.48. The van der Waals surface area contributed by atoms with E-state index in [2.05, 4.69) is 19.2 Å². The van der Waals surface area contributed by atoms with Gasteiger partial charge in [0.05, 0.1) is 4.90 Å². The van der Waals surface area contributed by atoms with Gasteiger partial charge in [0.2, 0.25) is 10.0 Å². The van der Waals surface area contributed by atoms with Crippen LogP contribution < -0.4 is 5.32 Å². The molecule has 4 nitrogen and oxygen atoms in total. The molecule has 0 saturated carbocycles. The lowest BCUT2D eigenvalue weighted by molar-refractivity contribution is 0.263. The standard InChI is InChI=1S/C16H26N2O2S.ClH/c1-13(2)15-6-8-16(9-7-15)21(19,20)18-10-4-5-14(12-18)11-17-3;/h6-9,13-14,17H,4-5,10-12H2,1-3H3;1H. The van der Waals surface area contributed by atoms with Gasteiger partial charge in [0.25, 0.3) is 0 Å². The number of nitrogens with zero attached hydrogens (tertiary/aromatic N) is 1. The highest BCUT2D eigenvalue weighted by molar-refractivity contribution is 7.89. The van der Waals surface area contributed by atoms with Crippen LogP contribution >= 0.6 is 12.4 Å². The van der Waals surface area contributed by atoms with Crippen LogP contribution in [0.5, 0.6) is 0 Å². The van der Waals surface area contributed by atoms with Crippen molar-refractivity contribution in [2.24, 2.45) is 5.92 Å². The van der Waals surface area contributed by atoms with Crippen LogP contribution in [0.15, 0.2) is 29.2 Å². The Bertz CT molecular complexity index is 556. The van der Waals surface area contributed by atoms with Gasteiger partial charge in [0.1, 0.15) is 0 Å². The molecule has 1 aliphatic rings. The van der Waals surface area contributed by atoms with Crippen LogP contribution in [-0.4, -0.2) is 39.4 Å². The monoisotopic (exact) mass is 346 g/mol. The van der Waals surface area contributed by atoms with Gasteiger partial charge in [-0.05, 0) is 56.0 Å². The first-order valence-electron chi connectivity index (χ1n) is 7.70. The normalized spacial score (nSPS) is 19.9. The highest BCUT2D eigenvalue weighted by atomic mass is 35.5. The predicted molar refractivity (Wildman–Crippen MR) is 93.2 cm³/mol. The first-order valence-corrected chi connectivity index (χ1v) is 9.14. The van der Waals surface area contributed by atoms with Crippen molar-refractivity contribution in [3.63, 3.8) is 0 Å². The van der Waals surface area contributed by atoms with Crippen LogP contribution in [0.4, 0.5) is 0 Å². The molecule has 126 valence electrons. The number of rotatable bonds is 5. The molecule has 22 heavy (non-hydrogen) atoms. The molecule has 0 amide bonds. The fraction of sp³-hybridized carbons (Fsp3) is 0.625. The molecule has 0 aliphatic carbocycles. The number of nitrogens with one attached hydrogen (secondary N) is 1. The number of piperidine rings is 1. The molecule has 0 aromatic heterocycles. The molecule has 1 heterocycles. The van der Waals surface area contributed by atoms with E-state index in [1.807, 2.05) is 19.2 Å². The Morgan fingerprint density at radius 2 is 1.91 bits per heavy atom. The summed E-state index contributed by atoms with van der Waals surface area (Å²) in [6.07, 6.45) is 2.04. The summed E-state index contributed by atoms with van der Waals surface area (Å²) in [6.45, 7) is 6.34. The Morgan fingerprint density at radius 1 is 1.27 bits per heavy atom. The van der Waals surface area contributed by atoms with E-state index in [1.165, 1.54) is 5.56 Å². The zero-order chi connectivity index (χ0) is 15.5. The number of halogens is 1. The molecule has 1 aromatic carbocycles. The second-order valence-corrected chi connectivity index (χ2v) is 8.09. The molecule has 0 bridgehead atoms. The highest BCUT2D eigenvalue weighted by Gasteiger charge is 2.29. The third-order valence-electron chi connectivity index (χ3n) is 4.16. The average molecular weight is 347 g/mol. The summed E-state index contributed by atoms with van der Waals surface area (Å²) in [5.41, 5.74) is 1.17. The molecule has 1 saturated heterocycles. The van der Waals surface area contributed by atoms with E-state index in [0.717, 1.165) is 19.4 Å². The minimum atomic E-state index is -3.35. The van der Waals surface area contributed by atoms with Crippen LogP contribution in [-0.2, 0) is 10.0 Å². The number of hydrogen-bond donors (Lipinski definition) is 1. The Morgan fingerprint density at radius 3 is 2.45 bits per heavy atom. The molecular weight excluding hydrogens is 320 g/mol. The quantitative estimate of drug-likeness (QED) is 0.891. The summed E-state index contributed by atoms with van der Waals surface area (Å²) in [7, 11) is -1.44. The second kappa shape index (κ2) is 8.29. The van der Waals surface area contributed by atoms with Crippen LogP contribution in [0.25, 0.3) is 0 Å². The van der Waals surface area contributed by atoms with Gasteiger partial charge in [0, 0.05) is 13.1 Å². The molecule has 1 fully saturated rings. The first kappa shape index (κ1) is 19.4. The van der Waals surface area contributed by atoms with E-state index >= 15 is 0 Å². The maximum atomic E-state index is 12.7. The largest absolute Gasteiger partial charge is 0.319 e. The fourth-order valence-corrected chi connectivity index (χ4v) is 4.43. The van der Waals surface area contributed by atoms with Gasteiger partial charge < -0.3 is 5.32 Å². The van der Waals surface area contributed by atoms with Gasteiger partial charge >= 0.3 is 0 Å². The molecule has 1 N–H and O–H groups in total. The van der Waals surface area contributed by atoms with Gasteiger partial charge in [0.15, 0.2) is 0 Å². The van der Waals surface area contributed by atoms with E-state index < -0.39 is 10.0 Å². The minimum absolute atomic E-state index is 0. The molecule has 2 rings (SSSR count). The van der Waals surface area contributed by atoms with Crippen LogP contribution in [0, 0.1) is 5.92 Å². The van der Waals surface area contributed by atoms with Crippen molar-refractivity contribution in [1.82, 2.24) is 9.62 Å². The summed E-state index contributed by atoms with van der Waals surface area (Å²) >= 11 is 0. The molecule has 0 radical (unpaired) electrons. The minimum Gasteiger partial charge on any atom is -0.319 e. The molecule has 1 unspecified atom stereocenters. The zero-order valence-electron chi connectivity index (χ0n) is 13.6. The van der Waals surface area contributed by atoms with E-state index in [1.54, 1.807) is 16.4 Å². The van der Waals surface area contributed by atoms with E-state index in [9.17, 15) is 8.42 Å². The summed E-state index contributed by atoms with van der Waals surface area (Å²) < 4.78 is 27.1. The third kappa shape index (κ3) is 4.44. The van der Waals surface area contributed by atoms with E-state index in [-0.39, 0.29) is 12.4 Å². The van der Waals surface area contributed by atoms with Crippen molar-refractivity contribution in [2.75, 3.05) is 26.7 Å². The SMILES string of the molecule is CNCC1CCCN(S(=O)(=O)c2ccc(C(C)C)cc2)C1.Cl. The number of hydrogen-bond acceptors (Lipinski definition) is 3. The third-order valence-corrected chi connectivity index (χ3v) is 6.04. The van der Waals surface area contributed by atoms with Gasteiger partial charge in [-0.1, -0.05) is 26.0 Å². The maximum Gasteiger partial charge on any atom is 0.243 e. The molecular formula is C16H27ClN2O2S. The number of benzene rings is 1. The maximum absolute atomic E-state index is 12.7. The summed E-state index contributed by atoms with van der Waals surface area (Å²) in [5.74, 6) is 0.824. The summed E-state index contributed by atoms with van der Waals surface area (Å²) in [5, 5.41) is 3.15. The lowest BCUT2D eigenvalue weighted by Crippen LogP contribution is -2.42. The second-order valence-electron chi connectivity index (χ2n) is 6.15. The molecule has 1 aromatic rings. The van der Waals surface area contributed by atoms with Crippen molar-refractivity contribution < 1.29 is 8.42 Å². The first-order chi connectivity index (χ1) is 9.95. The Balaban J connectivity index is 0.00000242. The van der Waals surface area contributed by atoms with E-state index in [0.29, 0.717) is 29.8 Å². The lowest BCUT2D eigenvalue weighted by atomic mass is 10.00. The predicted octanol–water partition coefficient (Wildman–Crippen LogP) is 2.85. The fourth-order valence-electron chi connectivity index (χ4n) is 2.87. The highest BCUT2D eigenvalue weighted by Crippen LogP contribution is 2.24. The van der Waals surface area contributed by atoms with Crippen molar-refractivity contribution in [2.45, 2.75) is 37.5 Å². The van der Waals surface area contributed by atoms with E-state index in [4.69, 9.17) is 0 Å².